The molecule has 0 aliphatic carbocycles. The van der Waals surface area contributed by atoms with Gasteiger partial charge in [0.1, 0.15) is 11.3 Å². The smallest absolute Gasteiger partial charge is 0.341 e. The Balaban J connectivity index is 2.04. The van der Waals surface area contributed by atoms with Gasteiger partial charge in [0.25, 0.3) is 11.8 Å². The minimum absolute atomic E-state index is 0.117. The number of hydrogen-bond donors (Lipinski definition) is 2. The van der Waals surface area contributed by atoms with Gasteiger partial charge in [-0.05, 0) is 36.4 Å². The van der Waals surface area contributed by atoms with Crippen LogP contribution in [0.3, 0.4) is 0 Å². The summed E-state index contributed by atoms with van der Waals surface area (Å²) >= 11 is 9.36. The molecule has 29 heavy (non-hydrogen) atoms. The molecule has 1 heterocycles. The monoisotopic (exact) mass is 478 g/mol. The van der Waals surface area contributed by atoms with Crippen LogP contribution in [0.1, 0.15) is 5.56 Å². The molecule has 4 amide bonds. The van der Waals surface area contributed by atoms with E-state index in [9.17, 15) is 19.2 Å². The lowest BCUT2D eigenvalue weighted by Crippen LogP contribution is -2.54. The first-order valence-corrected chi connectivity index (χ1v) is 9.25. The topological polar surface area (TPSA) is 113 Å². The number of anilines is 1. The zero-order valence-corrected chi connectivity index (χ0v) is 16.9. The number of barbiturate groups is 1. The van der Waals surface area contributed by atoms with Crippen LogP contribution in [0.25, 0.3) is 6.08 Å². The second kappa shape index (κ2) is 8.46. The molecule has 1 saturated heterocycles. The highest BCUT2D eigenvalue weighted by molar-refractivity contribution is 9.10. The van der Waals surface area contributed by atoms with Gasteiger partial charge in [0.05, 0.1) is 10.7 Å². The van der Waals surface area contributed by atoms with E-state index >= 15 is 0 Å². The van der Waals surface area contributed by atoms with Crippen LogP contribution in [0.4, 0.5) is 10.5 Å². The number of amides is 4. The number of nitrogens with zero attached hydrogens (tertiary/aromatic N) is 1. The number of benzene rings is 2. The van der Waals surface area contributed by atoms with Crippen molar-refractivity contribution in [2.75, 3.05) is 11.5 Å². The summed E-state index contributed by atoms with van der Waals surface area (Å²) in [6.45, 7) is -0.609. The van der Waals surface area contributed by atoms with Gasteiger partial charge in [-0.1, -0.05) is 39.7 Å². The Morgan fingerprint density at radius 3 is 2.62 bits per heavy atom. The lowest BCUT2D eigenvalue weighted by Gasteiger charge is -2.27. The maximum absolute atomic E-state index is 12.9. The number of aliphatic carboxylic acids is 1. The average Bonchev–Trinajstić information content (AvgIpc) is 2.65. The first kappa shape index (κ1) is 20.6. The van der Waals surface area contributed by atoms with E-state index in [1.54, 1.807) is 24.3 Å². The Bertz CT molecular complexity index is 1070. The maximum atomic E-state index is 12.9. The molecule has 0 aromatic heterocycles. The van der Waals surface area contributed by atoms with Crippen molar-refractivity contribution in [3.8, 4) is 5.75 Å². The summed E-state index contributed by atoms with van der Waals surface area (Å²) in [5, 5.41) is 11.1. The van der Waals surface area contributed by atoms with Gasteiger partial charge in [0, 0.05) is 10.0 Å². The van der Waals surface area contributed by atoms with Crippen LogP contribution in [0, 0.1) is 0 Å². The molecule has 2 aromatic rings. The van der Waals surface area contributed by atoms with E-state index in [1.807, 2.05) is 0 Å². The van der Waals surface area contributed by atoms with Crippen LogP contribution in [0.15, 0.2) is 52.5 Å². The van der Waals surface area contributed by atoms with Gasteiger partial charge in [-0.25, -0.2) is 14.5 Å². The highest BCUT2D eigenvalue weighted by atomic mass is 79.9. The summed E-state index contributed by atoms with van der Waals surface area (Å²) in [5.74, 6) is -2.82. The summed E-state index contributed by atoms with van der Waals surface area (Å²) in [4.78, 5) is 49.1. The fourth-order valence-corrected chi connectivity index (χ4v) is 3.17. The number of halogens is 2. The molecule has 1 aliphatic heterocycles. The third-order valence-electron chi connectivity index (χ3n) is 3.82. The van der Waals surface area contributed by atoms with Gasteiger partial charge in [0.2, 0.25) is 0 Å². The van der Waals surface area contributed by atoms with Crippen molar-refractivity contribution in [3.63, 3.8) is 0 Å². The zero-order valence-electron chi connectivity index (χ0n) is 14.5. The highest BCUT2D eigenvalue weighted by Gasteiger charge is 2.37. The zero-order chi connectivity index (χ0) is 21.1. The van der Waals surface area contributed by atoms with Gasteiger partial charge >= 0.3 is 12.0 Å². The van der Waals surface area contributed by atoms with Crippen LogP contribution in [-0.4, -0.2) is 35.5 Å². The van der Waals surface area contributed by atoms with E-state index in [-0.39, 0.29) is 27.6 Å². The summed E-state index contributed by atoms with van der Waals surface area (Å²) in [7, 11) is 0. The normalized spacial score (nSPS) is 15.4. The standard InChI is InChI=1S/C19H12BrClN2O6/c20-11-5-6-15(29-9-16(24)25)10(7-11)8-12-17(26)22-19(28)23(18(12)27)14-4-2-1-3-13(14)21/h1-8H,9H2,(H,24,25)(H,22,26,28). The molecular weight excluding hydrogens is 468 g/mol. The number of nitrogens with one attached hydrogen (secondary N) is 1. The van der Waals surface area contributed by atoms with Gasteiger partial charge in [-0.3, -0.25) is 14.9 Å². The van der Waals surface area contributed by atoms with Crippen molar-refractivity contribution in [2.45, 2.75) is 0 Å². The summed E-state index contributed by atoms with van der Waals surface area (Å²) in [6.07, 6.45) is 1.22. The Labute approximate surface area is 177 Å². The van der Waals surface area contributed by atoms with E-state index in [4.69, 9.17) is 21.4 Å². The van der Waals surface area contributed by atoms with E-state index in [0.717, 1.165) is 4.90 Å². The van der Waals surface area contributed by atoms with Crippen LogP contribution in [-0.2, 0) is 14.4 Å². The molecule has 2 N–H and O–H groups in total. The quantitative estimate of drug-likeness (QED) is 0.503. The van der Waals surface area contributed by atoms with Gasteiger partial charge in [-0.15, -0.1) is 0 Å². The van der Waals surface area contributed by atoms with Gasteiger partial charge in [-0.2, -0.15) is 0 Å². The minimum Gasteiger partial charge on any atom is -0.481 e. The fourth-order valence-electron chi connectivity index (χ4n) is 2.57. The molecule has 10 heteroatoms. The Morgan fingerprint density at radius 1 is 1.21 bits per heavy atom. The molecule has 1 aliphatic rings. The molecule has 1 fully saturated rings. The van der Waals surface area contributed by atoms with Crippen molar-refractivity contribution < 1.29 is 29.0 Å². The SMILES string of the molecule is O=C(O)COc1ccc(Br)cc1C=C1C(=O)NC(=O)N(c2ccccc2Cl)C1=O. The van der Waals surface area contributed by atoms with Crippen LogP contribution >= 0.6 is 27.5 Å². The first-order valence-electron chi connectivity index (χ1n) is 8.08. The fraction of sp³-hybridized carbons (Fsp3) is 0.0526. The summed E-state index contributed by atoms with van der Waals surface area (Å²) in [5.41, 5.74) is 0.0436. The molecule has 8 nitrogen and oxygen atoms in total. The summed E-state index contributed by atoms with van der Waals surface area (Å²) in [6, 6.07) is 9.91. The number of rotatable bonds is 5. The highest BCUT2D eigenvalue weighted by Crippen LogP contribution is 2.30. The third kappa shape index (κ3) is 4.47. The van der Waals surface area contributed by atoms with Crippen LogP contribution in [0.5, 0.6) is 5.75 Å². The number of imide groups is 2. The van der Waals surface area contributed by atoms with Crippen molar-refractivity contribution in [1.29, 1.82) is 0 Å². The van der Waals surface area contributed by atoms with Crippen molar-refractivity contribution in [1.82, 2.24) is 5.32 Å². The van der Waals surface area contributed by atoms with E-state index in [1.165, 1.54) is 24.3 Å². The Kier molecular flexibility index (Phi) is 6.00. The number of carboxylic acid groups (broad SMARTS) is 1. The number of carboxylic acids is 1. The number of hydrogen-bond acceptors (Lipinski definition) is 5. The van der Waals surface area contributed by atoms with E-state index in [2.05, 4.69) is 21.2 Å². The maximum Gasteiger partial charge on any atom is 0.341 e. The molecule has 148 valence electrons. The second-order valence-electron chi connectivity index (χ2n) is 5.77. The number of ether oxygens (including phenoxy) is 1. The lowest BCUT2D eigenvalue weighted by molar-refractivity contribution is -0.139. The first-order chi connectivity index (χ1) is 13.8. The molecule has 0 spiro atoms. The number of urea groups is 1. The number of carbonyl (C=O) groups excluding carboxylic acids is 3. The molecule has 0 atom stereocenters. The van der Waals surface area contributed by atoms with E-state index < -0.39 is 30.4 Å². The molecule has 2 aromatic carbocycles. The summed E-state index contributed by atoms with van der Waals surface area (Å²) < 4.78 is 5.81. The van der Waals surface area contributed by atoms with Crippen molar-refractivity contribution in [3.05, 3.63) is 63.1 Å². The van der Waals surface area contributed by atoms with E-state index in [0.29, 0.717) is 4.47 Å². The van der Waals surface area contributed by atoms with Crippen molar-refractivity contribution >= 4 is 63.1 Å². The predicted molar refractivity (Wildman–Crippen MR) is 108 cm³/mol. The van der Waals surface area contributed by atoms with Crippen LogP contribution in [0.2, 0.25) is 5.02 Å². The molecule has 3 rings (SSSR count). The largest absolute Gasteiger partial charge is 0.481 e. The van der Waals surface area contributed by atoms with Crippen LogP contribution < -0.4 is 15.0 Å². The average molecular weight is 480 g/mol. The second-order valence-corrected chi connectivity index (χ2v) is 7.10. The minimum atomic E-state index is -1.19. The van der Waals surface area contributed by atoms with Gasteiger partial charge < -0.3 is 9.84 Å². The molecular formula is C19H12BrClN2O6. The Hall–Kier alpha value is -3.17. The molecule has 0 bridgehead atoms. The molecule has 0 unspecified atom stereocenters. The predicted octanol–water partition coefficient (Wildman–Crippen LogP) is 3.23. The Morgan fingerprint density at radius 2 is 1.93 bits per heavy atom. The number of para-hydroxylation sites is 1. The lowest BCUT2D eigenvalue weighted by atomic mass is 10.1. The van der Waals surface area contributed by atoms with Crippen molar-refractivity contribution in [2.24, 2.45) is 0 Å². The van der Waals surface area contributed by atoms with Gasteiger partial charge in [0.15, 0.2) is 6.61 Å². The molecule has 0 saturated carbocycles. The third-order valence-corrected chi connectivity index (χ3v) is 4.63. The molecule has 0 radical (unpaired) electrons. The number of carbonyl (C=O) groups is 4.